The van der Waals surface area contributed by atoms with E-state index in [4.69, 9.17) is 14.2 Å². The molecule has 1 aliphatic rings. The Hall–Kier alpha value is -0.160. The predicted molar refractivity (Wildman–Crippen MR) is 59.1 cm³/mol. The van der Waals surface area contributed by atoms with Gasteiger partial charge in [0.05, 0.1) is 19.8 Å². The average Bonchev–Trinajstić information content (AvgIpc) is 2.77. The van der Waals surface area contributed by atoms with E-state index in [1.54, 1.807) is 7.11 Å². The first-order valence-corrected chi connectivity index (χ1v) is 5.70. The number of nitrogens with one attached hydrogen (secondary N) is 1. The first-order chi connectivity index (χ1) is 7.38. The van der Waals surface area contributed by atoms with Gasteiger partial charge in [0.15, 0.2) is 0 Å². The number of rotatable bonds is 8. The van der Waals surface area contributed by atoms with Crippen LogP contribution in [-0.4, -0.2) is 53.2 Å². The van der Waals surface area contributed by atoms with E-state index in [-0.39, 0.29) is 0 Å². The molecule has 1 N–H and O–H groups in total. The van der Waals surface area contributed by atoms with Gasteiger partial charge in [-0.1, -0.05) is 0 Å². The van der Waals surface area contributed by atoms with Crippen molar-refractivity contribution in [2.24, 2.45) is 5.92 Å². The third-order valence-corrected chi connectivity index (χ3v) is 2.91. The van der Waals surface area contributed by atoms with Crippen LogP contribution in [0.15, 0.2) is 0 Å². The monoisotopic (exact) mass is 217 g/mol. The van der Waals surface area contributed by atoms with Gasteiger partial charge in [0.25, 0.3) is 0 Å². The van der Waals surface area contributed by atoms with Crippen molar-refractivity contribution in [3.8, 4) is 0 Å². The van der Waals surface area contributed by atoms with Crippen LogP contribution in [0.1, 0.15) is 12.8 Å². The van der Waals surface area contributed by atoms with Gasteiger partial charge >= 0.3 is 0 Å². The zero-order valence-corrected chi connectivity index (χ0v) is 9.83. The van der Waals surface area contributed by atoms with Crippen molar-refractivity contribution >= 4 is 0 Å². The molecule has 4 heteroatoms. The molecule has 4 nitrogen and oxygen atoms in total. The maximum atomic E-state index is 5.46. The Kier molecular flexibility index (Phi) is 6.92. The van der Waals surface area contributed by atoms with Gasteiger partial charge in [-0.15, -0.1) is 0 Å². The predicted octanol–water partition coefficient (Wildman–Crippen LogP) is 0.664. The van der Waals surface area contributed by atoms with Crippen LogP contribution in [0.3, 0.4) is 0 Å². The zero-order valence-electron chi connectivity index (χ0n) is 9.83. The lowest BCUT2D eigenvalue weighted by Gasteiger charge is -2.21. The molecule has 0 aromatic carbocycles. The summed E-state index contributed by atoms with van der Waals surface area (Å²) in [6.45, 7) is 3.97. The largest absolute Gasteiger partial charge is 0.382 e. The van der Waals surface area contributed by atoms with E-state index in [1.165, 1.54) is 6.42 Å². The molecule has 2 unspecified atom stereocenters. The molecule has 1 aliphatic heterocycles. The first kappa shape index (κ1) is 12.9. The van der Waals surface area contributed by atoms with Crippen LogP contribution < -0.4 is 5.32 Å². The molecule has 1 fully saturated rings. The van der Waals surface area contributed by atoms with Gasteiger partial charge in [-0.25, -0.2) is 0 Å². The summed E-state index contributed by atoms with van der Waals surface area (Å²) in [5.41, 5.74) is 0. The lowest BCUT2D eigenvalue weighted by atomic mass is 9.97. The second-order valence-corrected chi connectivity index (χ2v) is 3.91. The minimum absolute atomic E-state index is 0.523. The SMILES string of the molecule is CNC(CCOCCOC)C1CCOC1. The van der Waals surface area contributed by atoms with Crippen LogP contribution in [0, 0.1) is 5.92 Å². The molecule has 0 spiro atoms. The van der Waals surface area contributed by atoms with Crippen LogP contribution in [-0.2, 0) is 14.2 Å². The molecule has 0 saturated carbocycles. The molecule has 0 amide bonds. The lowest BCUT2D eigenvalue weighted by molar-refractivity contribution is 0.0626. The topological polar surface area (TPSA) is 39.7 Å². The summed E-state index contributed by atoms with van der Waals surface area (Å²) >= 11 is 0. The standard InChI is InChI=1S/C11H23NO3/c1-12-11(10-3-5-15-9-10)4-6-14-8-7-13-2/h10-12H,3-9H2,1-2H3. The molecule has 1 rings (SSSR count). The van der Waals surface area contributed by atoms with Gasteiger partial charge in [0.2, 0.25) is 0 Å². The summed E-state index contributed by atoms with van der Waals surface area (Å²) in [5.74, 6) is 0.654. The van der Waals surface area contributed by atoms with E-state index in [2.05, 4.69) is 5.32 Å². The minimum atomic E-state index is 0.523. The number of hydrogen-bond acceptors (Lipinski definition) is 4. The molecule has 90 valence electrons. The highest BCUT2D eigenvalue weighted by Crippen LogP contribution is 2.18. The van der Waals surface area contributed by atoms with Crippen molar-refractivity contribution in [3.63, 3.8) is 0 Å². The number of ether oxygens (including phenoxy) is 3. The molecular formula is C11H23NO3. The fourth-order valence-corrected chi connectivity index (χ4v) is 1.94. The van der Waals surface area contributed by atoms with Gasteiger partial charge in [0.1, 0.15) is 0 Å². The zero-order chi connectivity index (χ0) is 10.9. The van der Waals surface area contributed by atoms with Crippen molar-refractivity contribution in [2.75, 3.05) is 47.2 Å². The Morgan fingerprint density at radius 1 is 1.40 bits per heavy atom. The fourth-order valence-electron chi connectivity index (χ4n) is 1.94. The quantitative estimate of drug-likeness (QED) is 0.606. The smallest absolute Gasteiger partial charge is 0.0700 e. The highest BCUT2D eigenvalue weighted by Gasteiger charge is 2.23. The molecule has 0 radical (unpaired) electrons. The van der Waals surface area contributed by atoms with Crippen molar-refractivity contribution in [3.05, 3.63) is 0 Å². The first-order valence-electron chi connectivity index (χ1n) is 5.70. The Morgan fingerprint density at radius 3 is 2.87 bits per heavy atom. The second-order valence-electron chi connectivity index (χ2n) is 3.91. The molecule has 15 heavy (non-hydrogen) atoms. The maximum Gasteiger partial charge on any atom is 0.0700 e. The van der Waals surface area contributed by atoms with Crippen molar-refractivity contribution in [2.45, 2.75) is 18.9 Å². The summed E-state index contributed by atoms with van der Waals surface area (Å²) in [7, 11) is 3.70. The highest BCUT2D eigenvalue weighted by molar-refractivity contribution is 4.77. The third kappa shape index (κ3) is 4.93. The summed E-state index contributed by atoms with van der Waals surface area (Å²) in [6, 6.07) is 0.523. The molecule has 0 bridgehead atoms. The van der Waals surface area contributed by atoms with Crippen LogP contribution >= 0.6 is 0 Å². The highest BCUT2D eigenvalue weighted by atomic mass is 16.5. The van der Waals surface area contributed by atoms with Crippen LogP contribution in [0.2, 0.25) is 0 Å². The molecule has 0 aromatic heterocycles. The van der Waals surface area contributed by atoms with Crippen LogP contribution in [0.4, 0.5) is 0 Å². The van der Waals surface area contributed by atoms with E-state index in [0.29, 0.717) is 25.2 Å². The van der Waals surface area contributed by atoms with Gasteiger partial charge in [0, 0.05) is 26.4 Å². The van der Waals surface area contributed by atoms with Crippen LogP contribution in [0.5, 0.6) is 0 Å². The Balaban J connectivity index is 2.05. The van der Waals surface area contributed by atoms with Gasteiger partial charge in [-0.3, -0.25) is 0 Å². The van der Waals surface area contributed by atoms with E-state index in [1.807, 2.05) is 7.05 Å². The van der Waals surface area contributed by atoms with Crippen molar-refractivity contribution in [1.29, 1.82) is 0 Å². The minimum Gasteiger partial charge on any atom is -0.382 e. The molecular weight excluding hydrogens is 194 g/mol. The van der Waals surface area contributed by atoms with Crippen molar-refractivity contribution in [1.82, 2.24) is 5.32 Å². The summed E-state index contributed by atoms with van der Waals surface area (Å²) in [5, 5.41) is 3.34. The van der Waals surface area contributed by atoms with E-state index >= 15 is 0 Å². The molecule has 1 saturated heterocycles. The third-order valence-electron chi connectivity index (χ3n) is 2.91. The lowest BCUT2D eigenvalue weighted by Crippen LogP contribution is -2.35. The average molecular weight is 217 g/mol. The molecule has 2 atom stereocenters. The fraction of sp³-hybridized carbons (Fsp3) is 1.00. The second kappa shape index (κ2) is 8.05. The van der Waals surface area contributed by atoms with E-state index in [0.717, 1.165) is 26.2 Å². The number of methoxy groups -OCH3 is 1. The van der Waals surface area contributed by atoms with E-state index < -0.39 is 0 Å². The maximum absolute atomic E-state index is 5.46. The van der Waals surface area contributed by atoms with Gasteiger partial charge < -0.3 is 19.5 Å². The number of hydrogen-bond donors (Lipinski definition) is 1. The Morgan fingerprint density at radius 2 is 2.27 bits per heavy atom. The van der Waals surface area contributed by atoms with E-state index in [9.17, 15) is 0 Å². The normalized spacial score (nSPS) is 23.2. The molecule has 1 heterocycles. The Bertz CT molecular complexity index is 149. The summed E-state index contributed by atoms with van der Waals surface area (Å²) in [4.78, 5) is 0. The van der Waals surface area contributed by atoms with Crippen molar-refractivity contribution < 1.29 is 14.2 Å². The molecule has 0 aromatic rings. The molecule has 0 aliphatic carbocycles. The van der Waals surface area contributed by atoms with Crippen LogP contribution in [0.25, 0.3) is 0 Å². The summed E-state index contributed by atoms with van der Waals surface area (Å²) in [6.07, 6.45) is 2.22. The van der Waals surface area contributed by atoms with Gasteiger partial charge in [-0.2, -0.15) is 0 Å². The summed E-state index contributed by atoms with van der Waals surface area (Å²) < 4.78 is 15.8. The Labute approximate surface area is 92.3 Å². The van der Waals surface area contributed by atoms with Gasteiger partial charge in [-0.05, 0) is 25.8 Å².